The molecule has 1 aliphatic rings. The second-order valence-corrected chi connectivity index (χ2v) is 10.3. The lowest BCUT2D eigenvalue weighted by atomic mass is 9.89. The van der Waals surface area contributed by atoms with Crippen LogP contribution in [0.1, 0.15) is 30.7 Å². The van der Waals surface area contributed by atoms with Crippen LogP contribution in [-0.2, 0) is 17.6 Å². The summed E-state index contributed by atoms with van der Waals surface area (Å²) in [6.45, 7) is 4.01. The number of thiophene rings is 1. The summed E-state index contributed by atoms with van der Waals surface area (Å²) in [5.41, 5.74) is 1.61. The third-order valence-corrected chi connectivity index (χ3v) is 7.65. The molecule has 1 aromatic carbocycles. The molecule has 0 saturated carbocycles. The zero-order valence-corrected chi connectivity index (χ0v) is 19.3. The zero-order valence-electron chi connectivity index (χ0n) is 16.9. The Hall–Kier alpha value is -2.03. The van der Waals surface area contributed by atoms with Crippen molar-refractivity contribution in [2.24, 2.45) is 5.92 Å². The molecule has 158 valence electrons. The molecule has 0 radical (unpaired) electrons. The number of aromatic nitrogens is 2. The highest BCUT2D eigenvalue weighted by atomic mass is 35.5. The predicted octanol–water partition coefficient (Wildman–Crippen LogP) is 4.89. The van der Waals surface area contributed by atoms with Gasteiger partial charge in [0.05, 0.1) is 22.8 Å². The molecule has 1 aliphatic carbocycles. The molecule has 2 unspecified atom stereocenters. The highest BCUT2D eigenvalue weighted by molar-refractivity contribution is 8.00. The SMILES string of the molecule is COc1ccc(NC(=O)C(C)Sc2nc3sc4c(c3c(=O)[nH]2)CCC(C)C4)cc1Cl. The van der Waals surface area contributed by atoms with E-state index >= 15 is 0 Å². The first kappa shape index (κ1) is 21.2. The van der Waals surface area contributed by atoms with Gasteiger partial charge in [0.1, 0.15) is 10.6 Å². The number of benzene rings is 1. The molecular formula is C21H22ClN3O3S2. The van der Waals surface area contributed by atoms with E-state index in [1.165, 1.54) is 23.7 Å². The van der Waals surface area contributed by atoms with Gasteiger partial charge in [-0.15, -0.1) is 11.3 Å². The van der Waals surface area contributed by atoms with E-state index in [2.05, 4.69) is 22.2 Å². The molecule has 0 spiro atoms. The summed E-state index contributed by atoms with van der Waals surface area (Å²) in [5.74, 6) is 0.970. The molecule has 2 atom stereocenters. The van der Waals surface area contributed by atoms with Gasteiger partial charge in [0.15, 0.2) is 5.16 Å². The topological polar surface area (TPSA) is 84.1 Å². The molecule has 9 heteroatoms. The fourth-order valence-corrected chi connectivity index (χ4v) is 6.09. The molecule has 2 N–H and O–H groups in total. The van der Waals surface area contributed by atoms with Crippen molar-refractivity contribution in [1.29, 1.82) is 0 Å². The van der Waals surface area contributed by atoms with Crippen molar-refractivity contribution in [3.63, 3.8) is 0 Å². The Bertz CT molecular complexity index is 1170. The van der Waals surface area contributed by atoms with Crippen LogP contribution >= 0.6 is 34.7 Å². The second-order valence-electron chi connectivity index (χ2n) is 7.50. The maximum absolute atomic E-state index is 12.7. The number of aryl methyl sites for hydroxylation is 1. The largest absolute Gasteiger partial charge is 0.495 e. The van der Waals surface area contributed by atoms with Crippen LogP contribution in [0.15, 0.2) is 28.2 Å². The van der Waals surface area contributed by atoms with Crippen molar-refractivity contribution in [3.05, 3.63) is 44.0 Å². The van der Waals surface area contributed by atoms with Gasteiger partial charge in [-0.25, -0.2) is 4.98 Å². The van der Waals surface area contributed by atoms with Crippen LogP contribution in [0.25, 0.3) is 10.2 Å². The van der Waals surface area contributed by atoms with E-state index in [4.69, 9.17) is 16.3 Å². The first-order valence-electron chi connectivity index (χ1n) is 9.71. The Labute approximate surface area is 187 Å². The summed E-state index contributed by atoms with van der Waals surface area (Å²) in [6.07, 6.45) is 3.03. The van der Waals surface area contributed by atoms with E-state index in [9.17, 15) is 9.59 Å². The lowest BCUT2D eigenvalue weighted by Gasteiger charge is -2.17. The van der Waals surface area contributed by atoms with Crippen LogP contribution in [0.4, 0.5) is 5.69 Å². The second kappa shape index (κ2) is 8.61. The lowest BCUT2D eigenvalue weighted by Crippen LogP contribution is -2.23. The number of anilines is 1. The number of rotatable bonds is 5. The number of amides is 1. The monoisotopic (exact) mass is 463 g/mol. The summed E-state index contributed by atoms with van der Waals surface area (Å²) in [7, 11) is 1.54. The van der Waals surface area contributed by atoms with Gasteiger partial charge in [0.2, 0.25) is 5.91 Å². The Morgan fingerprint density at radius 2 is 2.27 bits per heavy atom. The van der Waals surface area contributed by atoms with E-state index in [0.717, 1.165) is 35.0 Å². The van der Waals surface area contributed by atoms with E-state index in [-0.39, 0.29) is 11.5 Å². The Kier molecular flexibility index (Phi) is 6.09. The van der Waals surface area contributed by atoms with Gasteiger partial charge >= 0.3 is 0 Å². The van der Waals surface area contributed by atoms with Crippen LogP contribution in [-0.4, -0.2) is 28.2 Å². The number of ether oxygens (including phenoxy) is 1. The minimum atomic E-state index is -0.457. The van der Waals surface area contributed by atoms with Crippen molar-refractivity contribution < 1.29 is 9.53 Å². The van der Waals surface area contributed by atoms with E-state index in [1.54, 1.807) is 36.5 Å². The highest BCUT2D eigenvalue weighted by Crippen LogP contribution is 2.36. The van der Waals surface area contributed by atoms with Gasteiger partial charge in [-0.2, -0.15) is 0 Å². The van der Waals surface area contributed by atoms with Gasteiger partial charge in [0.25, 0.3) is 5.56 Å². The lowest BCUT2D eigenvalue weighted by molar-refractivity contribution is -0.115. The standard InChI is InChI=1S/C21H22ClN3O3S2/c1-10-4-6-13-16(8-10)30-20-17(13)19(27)24-21(25-20)29-11(2)18(26)23-12-5-7-15(28-3)14(22)9-12/h5,7,9-11H,4,6,8H2,1-3H3,(H,23,26)(H,24,25,27). The smallest absolute Gasteiger partial charge is 0.260 e. The normalized spacial score (nSPS) is 16.9. The van der Waals surface area contributed by atoms with E-state index in [0.29, 0.717) is 27.5 Å². The molecule has 0 bridgehead atoms. The number of halogens is 1. The quantitative estimate of drug-likeness (QED) is 0.415. The Morgan fingerprint density at radius 3 is 3.00 bits per heavy atom. The van der Waals surface area contributed by atoms with Gasteiger partial charge in [-0.3, -0.25) is 9.59 Å². The fraction of sp³-hybridized carbons (Fsp3) is 0.381. The third kappa shape index (κ3) is 4.22. The van der Waals surface area contributed by atoms with E-state index in [1.807, 2.05) is 0 Å². The van der Waals surface area contributed by atoms with Crippen molar-refractivity contribution in [3.8, 4) is 5.75 Å². The number of nitrogens with zero attached hydrogens (tertiary/aromatic N) is 1. The summed E-state index contributed by atoms with van der Waals surface area (Å²) in [4.78, 5) is 34.9. The van der Waals surface area contributed by atoms with Crippen molar-refractivity contribution in [2.75, 3.05) is 12.4 Å². The number of H-pyrrole nitrogens is 1. The first-order chi connectivity index (χ1) is 14.4. The zero-order chi connectivity index (χ0) is 21.4. The van der Waals surface area contributed by atoms with Crippen molar-refractivity contribution in [1.82, 2.24) is 9.97 Å². The van der Waals surface area contributed by atoms with E-state index < -0.39 is 5.25 Å². The number of carbonyl (C=O) groups is 1. The van der Waals surface area contributed by atoms with Gasteiger partial charge < -0.3 is 15.0 Å². The maximum Gasteiger partial charge on any atom is 0.260 e. The fourth-order valence-electron chi connectivity index (χ4n) is 3.59. The number of methoxy groups -OCH3 is 1. The van der Waals surface area contributed by atoms with Crippen LogP contribution < -0.4 is 15.6 Å². The molecule has 0 aliphatic heterocycles. The minimum absolute atomic E-state index is 0.121. The number of hydrogen-bond acceptors (Lipinski definition) is 6. The molecule has 3 aromatic rings. The molecule has 4 rings (SSSR count). The first-order valence-corrected chi connectivity index (χ1v) is 11.8. The number of nitrogens with one attached hydrogen (secondary N) is 2. The van der Waals surface area contributed by atoms with Crippen LogP contribution in [0.2, 0.25) is 5.02 Å². The van der Waals surface area contributed by atoms with Gasteiger partial charge in [-0.1, -0.05) is 30.3 Å². The number of hydrogen-bond donors (Lipinski definition) is 2. The minimum Gasteiger partial charge on any atom is -0.495 e. The Morgan fingerprint density at radius 1 is 1.47 bits per heavy atom. The molecule has 2 heterocycles. The predicted molar refractivity (Wildman–Crippen MR) is 123 cm³/mol. The van der Waals surface area contributed by atoms with Crippen molar-refractivity contribution >= 4 is 56.5 Å². The number of thioether (sulfide) groups is 1. The molecule has 2 aromatic heterocycles. The summed E-state index contributed by atoms with van der Waals surface area (Å²) < 4.78 is 5.12. The molecule has 0 saturated heterocycles. The van der Waals surface area contributed by atoms with Crippen LogP contribution in [0.3, 0.4) is 0 Å². The van der Waals surface area contributed by atoms with Gasteiger partial charge in [0, 0.05) is 10.6 Å². The number of aromatic amines is 1. The van der Waals surface area contributed by atoms with Crippen LogP contribution in [0.5, 0.6) is 5.75 Å². The molecule has 1 amide bonds. The highest BCUT2D eigenvalue weighted by Gasteiger charge is 2.24. The maximum atomic E-state index is 12.7. The summed E-state index contributed by atoms with van der Waals surface area (Å²) in [5, 5.41) is 3.97. The number of carbonyl (C=O) groups excluding carboxylic acids is 1. The summed E-state index contributed by atoms with van der Waals surface area (Å²) in [6, 6.07) is 5.06. The van der Waals surface area contributed by atoms with Gasteiger partial charge in [-0.05, 0) is 55.9 Å². The third-order valence-electron chi connectivity index (χ3n) is 5.22. The molecule has 30 heavy (non-hydrogen) atoms. The summed E-state index contributed by atoms with van der Waals surface area (Å²) >= 11 is 8.95. The average Bonchev–Trinajstić information content (AvgIpc) is 3.05. The van der Waals surface area contributed by atoms with Crippen LogP contribution in [0, 0.1) is 5.92 Å². The molecule has 0 fully saturated rings. The number of fused-ring (bicyclic) bond motifs is 3. The molecule has 6 nitrogen and oxygen atoms in total. The molecular weight excluding hydrogens is 442 g/mol. The van der Waals surface area contributed by atoms with Crippen molar-refractivity contribution in [2.45, 2.75) is 43.5 Å². The Balaban J connectivity index is 1.51. The average molecular weight is 464 g/mol.